The lowest BCUT2D eigenvalue weighted by Crippen LogP contribution is -2.43. The fourth-order valence-electron chi connectivity index (χ4n) is 3.42. The maximum atomic E-state index is 5.45. The zero-order valence-corrected chi connectivity index (χ0v) is 15.8. The summed E-state index contributed by atoms with van der Waals surface area (Å²) in [6, 6.07) is 3.95. The van der Waals surface area contributed by atoms with Crippen LogP contribution < -0.4 is 15.4 Å². The normalized spacial score (nSPS) is 16.7. The highest BCUT2D eigenvalue weighted by molar-refractivity contribution is 5.79. The van der Waals surface area contributed by atoms with E-state index in [1.807, 2.05) is 26.1 Å². The molecule has 0 spiro atoms. The number of nitrogens with zero attached hydrogens (tertiary/aromatic N) is 2. The summed E-state index contributed by atoms with van der Waals surface area (Å²) in [6.45, 7) is 5.03. The molecule has 25 heavy (non-hydrogen) atoms. The van der Waals surface area contributed by atoms with Crippen molar-refractivity contribution in [3.8, 4) is 5.88 Å². The SMILES string of the molecule is CCOc1cc(CNC(=NC)NCC2(CCOC)CCCC2)ccn1. The minimum atomic E-state index is 0.340. The highest BCUT2D eigenvalue weighted by atomic mass is 16.5. The summed E-state index contributed by atoms with van der Waals surface area (Å²) in [6.07, 6.45) is 8.04. The summed E-state index contributed by atoms with van der Waals surface area (Å²) in [5.74, 6) is 1.49. The number of aromatic nitrogens is 1. The van der Waals surface area contributed by atoms with Gasteiger partial charge in [-0.05, 0) is 43.2 Å². The van der Waals surface area contributed by atoms with Crippen LogP contribution in [-0.4, -0.2) is 44.9 Å². The summed E-state index contributed by atoms with van der Waals surface area (Å²) in [5.41, 5.74) is 1.46. The zero-order valence-electron chi connectivity index (χ0n) is 15.8. The molecule has 0 aromatic carbocycles. The van der Waals surface area contributed by atoms with E-state index in [1.54, 1.807) is 13.3 Å². The first kappa shape index (κ1) is 19.5. The Morgan fingerprint density at radius 1 is 1.32 bits per heavy atom. The van der Waals surface area contributed by atoms with Crippen LogP contribution in [0.1, 0.15) is 44.6 Å². The summed E-state index contributed by atoms with van der Waals surface area (Å²) in [4.78, 5) is 8.55. The van der Waals surface area contributed by atoms with E-state index in [-0.39, 0.29) is 0 Å². The fourth-order valence-corrected chi connectivity index (χ4v) is 3.42. The van der Waals surface area contributed by atoms with Crippen LogP contribution in [0.2, 0.25) is 0 Å². The van der Waals surface area contributed by atoms with Gasteiger partial charge in [0, 0.05) is 46.1 Å². The van der Waals surface area contributed by atoms with Crippen molar-refractivity contribution in [2.75, 3.05) is 33.9 Å². The maximum Gasteiger partial charge on any atom is 0.213 e. The molecule has 0 bridgehead atoms. The molecule has 1 aromatic rings. The molecule has 0 amide bonds. The quantitative estimate of drug-likeness (QED) is 0.530. The highest BCUT2D eigenvalue weighted by Crippen LogP contribution is 2.40. The van der Waals surface area contributed by atoms with E-state index >= 15 is 0 Å². The van der Waals surface area contributed by atoms with E-state index < -0.39 is 0 Å². The minimum absolute atomic E-state index is 0.340. The predicted octanol–water partition coefficient (Wildman–Crippen LogP) is 2.74. The zero-order chi connectivity index (χ0) is 18.0. The number of guanidine groups is 1. The van der Waals surface area contributed by atoms with E-state index in [1.165, 1.54) is 25.7 Å². The van der Waals surface area contributed by atoms with Gasteiger partial charge >= 0.3 is 0 Å². The molecule has 0 unspecified atom stereocenters. The van der Waals surface area contributed by atoms with Gasteiger partial charge in [0.25, 0.3) is 0 Å². The molecule has 140 valence electrons. The van der Waals surface area contributed by atoms with Gasteiger partial charge in [-0.1, -0.05) is 12.8 Å². The number of aliphatic imine (C=N–C) groups is 1. The van der Waals surface area contributed by atoms with Gasteiger partial charge in [0.15, 0.2) is 5.96 Å². The van der Waals surface area contributed by atoms with Crippen LogP contribution in [0.4, 0.5) is 0 Å². The van der Waals surface area contributed by atoms with Crippen molar-refractivity contribution < 1.29 is 9.47 Å². The predicted molar refractivity (Wildman–Crippen MR) is 101 cm³/mol. The van der Waals surface area contributed by atoms with E-state index in [0.29, 0.717) is 24.4 Å². The molecule has 1 aromatic heterocycles. The van der Waals surface area contributed by atoms with E-state index in [4.69, 9.17) is 9.47 Å². The molecule has 0 saturated heterocycles. The first-order valence-electron chi connectivity index (χ1n) is 9.22. The molecule has 1 aliphatic carbocycles. The minimum Gasteiger partial charge on any atom is -0.478 e. The second-order valence-electron chi connectivity index (χ2n) is 6.66. The number of hydrogen-bond donors (Lipinski definition) is 2. The summed E-state index contributed by atoms with van der Waals surface area (Å²) >= 11 is 0. The molecule has 6 heteroatoms. The second kappa shape index (κ2) is 10.2. The average molecular weight is 348 g/mol. The number of methoxy groups -OCH3 is 1. The van der Waals surface area contributed by atoms with Gasteiger partial charge in [0.05, 0.1) is 6.61 Å². The molecule has 1 heterocycles. The van der Waals surface area contributed by atoms with E-state index in [2.05, 4.69) is 20.6 Å². The van der Waals surface area contributed by atoms with Crippen molar-refractivity contribution in [2.24, 2.45) is 10.4 Å². The molecule has 6 nitrogen and oxygen atoms in total. The molecule has 1 saturated carbocycles. The number of rotatable bonds is 9. The number of nitrogens with one attached hydrogen (secondary N) is 2. The third-order valence-corrected chi connectivity index (χ3v) is 4.91. The van der Waals surface area contributed by atoms with Crippen molar-refractivity contribution in [3.05, 3.63) is 23.9 Å². The topological polar surface area (TPSA) is 67.8 Å². The second-order valence-corrected chi connectivity index (χ2v) is 6.66. The van der Waals surface area contributed by atoms with Gasteiger partial charge in [-0.3, -0.25) is 4.99 Å². The number of hydrogen-bond acceptors (Lipinski definition) is 4. The monoisotopic (exact) mass is 348 g/mol. The molecular weight excluding hydrogens is 316 g/mol. The third kappa shape index (κ3) is 6.20. The van der Waals surface area contributed by atoms with E-state index in [0.717, 1.165) is 31.1 Å². The van der Waals surface area contributed by atoms with E-state index in [9.17, 15) is 0 Å². The number of pyridine rings is 1. The molecule has 0 aliphatic heterocycles. The summed E-state index contributed by atoms with van der Waals surface area (Å²) in [7, 11) is 3.59. The Hall–Kier alpha value is -1.82. The van der Waals surface area contributed by atoms with Crippen LogP contribution >= 0.6 is 0 Å². The maximum absolute atomic E-state index is 5.45. The van der Waals surface area contributed by atoms with Crippen LogP contribution in [0.3, 0.4) is 0 Å². The Kier molecular flexibility index (Phi) is 7.98. The van der Waals surface area contributed by atoms with Crippen LogP contribution in [-0.2, 0) is 11.3 Å². The standard InChI is InChI=1S/C19H32N4O2/c1-4-25-17-13-16(7-11-21-17)14-22-18(20-2)23-15-19(10-12-24-3)8-5-6-9-19/h7,11,13H,4-6,8-10,12,14-15H2,1-3H3,(H2,20,22,23). The third-order valence-electron chi connectivity index (χ3n) is 4.91. The smallest absolute Gasteiger partial charge is 0.213 e. The van der Waals surface area contributed by atoms with Crippen molar-refractivity contribution in [3.63, 3.8) is 0 Å². The van der Waals surface area contributed by atoms with Crippen LogP contribution in [0.5, 0.6) is 5.88 Å². The highest BCUT2D eigenvalue weighted by Gasteiger charge is 2.33. The first-order valence-corrected chi connectivity index (χ1v) is 9.22. The van der Waals surface area contributed by atoms with Gasteiger partial charge in [-0.25, -0.2) is 4.98 Å². The Morgan fingerprint density at radius 2 is 2.12 bits per heavy atom. The summed E-state index contributed by atoms with van der Waals surface area (Å²) < 4.78 is 10.8. The molecule has 1 fully saturated rings. The Balaban J connectivity index is 1.84. The molecule has 1 aliphatic rings. The van der Waals surface area contributed by atoms with Crippen LogP contribution in [0.25, 0.3) is 0 Å². The lowest BCUT2D eigenvalue weighted by molar-refractivity contribution is 0.138. The Bertz CT molecular complexity index is 542. The molecule has 2 rings (SSSR count). The number of ether oxygens (including phenoxy) is 2. The van der Waals surface area contributed by atoms with Gasteiger partial charge in [0.1, 0.15) is 0 Å². The first-order chi connectivity index (χ1) is 12.2. The van der Waals surface area contributed by atoms with Gasteiger partial charge in [0.2, 0.25) is 5.88 Å². The molecule has 0 radical (unpaired) electrons. The van der Waals surface area contributed by atoms with Crippen LogP contribution in [0, 0.1) is 5.41 Å². The lowest BCUT2D eigenvalue weighted by atomic mass is 9.83. The largest absolute Gasteiger partial charge is 0.478 e. The van der Waals surface area contributed by atoms with Gasteiger partial charge < -0.3 is 20.1 Å². The summed E-state index contributed by atoms with van der Waals surface area (Å²) in [5, 5.41) is 6.88. The van der Waals surface area contributed by atoms with Crippen molar-refractivity contribution in [2.45, 2.75) is 45.6 Å². The Labute approximate surface area is 151 Å². The van der Waals surface area contributed by atoms with Crippen LogP contribution in [0.15, 0.2) is 23.3 Å². The molecule has 0 atom stereocenters. The Morgan fingerprint density at radius 3 is 2.80 bits per heavy atom. The van der Waals surface area contributed by atoms with Crippen molar-refractivity contribution >= 4 is 5.96 Å². The molecular formula is C19H32N4O2. The van der Waals surface area contributed by atoms with Gasteiger partial charge in [-0.15, -0.1) is 0 Å². The van der Waals surface area contributed by atoms with Gasteiger partial charge in [-0.2, -0.15) is 0 Å². The average Bonchev–Trinajstić information content (AvgIpc) is 3.10. The van der Waals surface area contributed by atoms with Crippen molar-refractivity contribution in [1.82, 2.24) is 15.6 Å². The van der Waals surface area contributed by atoms with Crippen molar-refractivity contribution in [1.29, 1.82) is 0 Å². The fraction of sp³-hybridized carbons (Fsp3) is 0.684. The lowest BCUT2D eigenvalue weighted by Gasteiger charge is -2.30. The molecule has 2 N–H and O–H groups in total.